The largest absolute Gasteiger partial charge is 0.494 e. The lowest BCUT2D eigenvalue weighted by Crippen LogP contribution is -2.25. The lowest BCUT2D eigenvalue weighted by Gasteiger charge is -2.11. The zero-order valence-corrected chi connectivity index (χ0v) is 20.2. The van der Waals surface area contributed by atoms with Gasteiger partial charge >= 0.3 is 0 Å². The van der Waals surface area contributed by atoms with Crippen molar-refractivity contribution in [1.82, 2.24) is 14.9 Å². The maximum atomic E-state index is 13.8. The Balaban J connectivity index is 1.28. The number of imidazole rings is 1. The fourth-order valence-corrected chi connectivity index (χ4v) is 4.14. The molecule has 6 heteroatoms. The molecule has 0 aliphatic rings. The summed E-state index contributed by atoms with van der Waals surface area (Å²) in [7, 11) is 0. The van der Waals surface area contributed by atoms with Crippen molar-refractivity contribution in [3.63, 3.8) is 0 Å². The molecule has 4 rings (SSSR count). The molecule has 0 radical (unpaired) electrons. The Morgan fingerprint density at radius 3 is 2.54 bits per heavy atom. The van der Waals surface area contributed by atoms with Crippen LogP contribution in [0.4, 0.5) is 4.39 Å². The molecule has 1 amide bonds. The predicted octanol–water partition coefficient (Wildman–Crippen LogP) is 5.96. The Morgan fingerprint density at radius 2 is 1.74 bits per heavy atom. The van der Waals surface area contributed by atoms with E-state index in [0.717, 1.165) is 61.3 Å². The van der Waals surface area contributed by atoms with Gasteiger partial charge in [0.05, 0.1) is 23.2 Å². The van der Waals surface area contributed by atoms with Crippen molar-refractivity contribution in [2.45, 2.75) is 45.6 Å². The third-order valence-electron chi connectivity index (χ3n) is 6.09. The van der Waals surface area contributed by atoms with Gasteiger partial charge in [0.2, 0.25) is 0 Å². The first-order chi connectivity index (χ1) is 17.2. The van der Waals surface area contributed by atoms with Crippen LogP contribution >= 0.6 is 0 Å². The van der Waals surface area contributed by atoms with Crippen molar-refractivity contribution in [3.8, 4) is 5.75 Å². The predicted molar refractivity (Wildman–Crippen MR) is 137 cm³/mol. The van der Waals surface area contributed by atoms with E-state index >= 15 is 0 Å². The van der Waals surface area contributed by atoms with Crippen LogP contribution in [-0.4, -0.2) is 28.6 Å². The molecule has 1 aromatic heterocycles. The van der Waals surface area contributed by atoms with Gasteiger partial charge < -0.3 is 14.6 Å². The number of amides is 1. The van der Waals surface area contributed by atoms with E-state index in [-0.39, 0.29) is 11.5 Å². The number of nitrogens with zero attached hydrogens (tertiary/aromatic N) is 2. The van der Waals surface area contributed by atoms with Crippen LogP contribution in [-0.2, 0) is 19.4 Å². The summed E-state index contributed by atoms with van der Waals surface area (Å²) in [6, 6.07) is 22.5. The number of rotatable bonds is 12. The van der Waals surface area contributed by atoms with Gasteiger partial charge in [0.25, 0.3) is 5.91 Å². The second-order valence-electron chi connectivity index (χ2n) is 8.56. The highest BCUT2D eigenvalue weighted by molar-refractivity contribution is 5.94. The number of benzene rings is 3. The molecule has 4 aromatic rings. The summed E-state index contributed by atoms with van der Waals surface area (Å²) in [5.74, 6) is 1.02. The normalized spacial score (nSPS) is 11.0. The summed E-state index contributed by atoms with van der Waals surface area (Å²) in [6.07, 6.45) is 4.40. The van der Waals surface area contributed by atoms with Gasteiger partial charge in [0.1, 0.15) is 17.4 Å². The number of aromatic nitrogens is 2. The summed E-state index contributed by atoms with van der Waals surface area (Å²) in [5.41, 5.74) is 3.48. The molecule has 0 aliphatic carbocycles. The summed E-state index contributed by atoms with van der Waals surface area (Å²) >= 11 is 0. The van der Waals surface area contributed by atoms with Crippen LogP contribution in [0.3, 0.4) is 0 Å². The third kappa shape index (κ3) is 6.47. The number of carbonyl (C=O) groups is 1. The lowest BCUT2D eigenvalue weighted by molar-refractivity contribution is 0.0949. The number of aryl methyl sites for hydroxylation is 3. The van der Waals surface area contributed by atoms with Crippen LogP contribution in [0, 0.1) is 5.82 Å². The fourth-order valence-electron chi connectivity index (χ4n) is 4.14. The van der Waals surface area contributed by atoms with Crippen LogP contribution in [0.2, 0.25) is 0 Å². The Labute approximate surface area is 206 Å². The monoisotopic (exact) mass is 473 g/mol. The van der Waals surface area contributed by atoms with E-state index in [4.69, 9.17) is 9.72 Å². The highest BCUT2D eigenvalue weighted by Gasteiger charge is 2.12. The quantitative estimate of drug-likeness (QED) is 0.258. The van der Waals surface area contributed by atoms with Crippen molar-refractivity contribution in [3.05, 3.63) is 95.6 Å². The molecule has 0 atom stereocenters. The van der Waals surface area contributed by atoms with Crippen LogP contribution in [0.15, 0.2) is 72.8 Å². The van der Waals surface area contributed by atoms with Crippen molar-refractivity contribution in [2.24, 2.45) is 0 Å². The minimum Gasteiger partial charge on any atom is -0.494 e. The van der Waals surface area contributed by atoms with Gasteiger partial charge in [0, 0.05) is 19.5 Å². The second kappa shape index (κ2) is 12.2. The number of para-hydroxylation sites is 2. The number of nitrogens with one attached hydrogen (secondary N) is 1. The Kier molecular flexibility index (Phi) is 8.49. The van der Waals surface area contributed by atoms with Gasteiger partial charge in [-0.2, -0.15) is 0 Å². The van der Waals surface area contributed by atoms with Crippen LogP contribution in [0.5, 0.6) is 5.75 Å². The Bertz CT molecular complexity index is 1250. The number of carbonyl (C=O) groups excluding carboxylic acids is 1. The van der Waals surface area contributed by atoms with E-state index in [0.29, 0.717) is 13.2 Å². The minimum absolute atomic E-state index is 0.0725. The van der Waals surface area contributed by atoms with E-state index < -0.39 is 5.82 Å². The molecule has 0 saturated carbocycles. The maximum absolute atomic E-state index is 13.8. The first kappa shape index (κ1) is 24.5. The van der Waals surface area contributed by atoms with Crippen molar-refractivity contribution in [2.75, 3.05) is 13.2 Å². The molecule has 0 spiro atoms. The van der Waals surface area contributed by atoms with E-state index in [9.17, 15) is 9.18 Å². The number of unbranched alkanes of at least 4 members (excludes halogenated alkanes) is 1. The number of halogens is 1. The van der Waals surface area contributed by atoms with Crippen LogP contribution < -0.4 is 10.1 Å². The highest BCUT2D eigenvalue weighted by atomic mass is 19.1. The molecule has 5 nitrogen and oxygen atoms in total. The summed E-state index contributed by atoms with van der Waals surface area (Å²) < 4.78 is 22.0. The fraction of sp³-hybridized carbons (Fsp3) is 0.310. The van der Waals surface area contributed by atoms with E-state index in [1.807, 2.05) is 30.3 Å². The van der Waals surface area contributed by atoms with Gasteiger partial charge in [-0.15, -0.1) is 0 Å². The summed E-state index contributed by atoms with van der Waals surface area (Å²) in [4.78, 5) is 17.1. The second-order valence-corrected chi connectivity index (χ2v) is 8.56. The highest BCUT2D eigenvalue weighted by Crippen LogP contribution is 2.19. The number of hydrogen-bond acceptors (Lipinski definition) is 3. The van der Waals surface area contributed by atoms with Crippen molar-refractivity contribution in [1.29, 1.82) is 0 Å². The Hall–Kier alpha value is -3.67. The molecule has 35 heavy (non-hydrogen) atoms. The van der Waals surface area contributed by atoms with Gasteiger partial charge in [-0.05, 0) is 67.6 Å². The first-order valence-electron chi connectivity index (χ1n) is 12.3. The van der Waals surface area contributed by atoms with E-state index in [2.05, 4.69) is 35.0 Å². The molecule has 0 fully saturated rings. The third-order valence-corrected chi connectivity index (χ3v) is 6.09. The van der Waals surface area contributed by atoms with Gasteiger partial charge in [-0.3, -0.25) is 4.79 Å². The number of fused-ring (bicyclic) bond motifs is 1. The molecule has 3 aromatic carbocycles. The molecule has 0 bridgehead atoms. The van der Waals surface area contributed by atoms with Crippen LogP contribution in [0.25, 0.3) is 11.0 Å². The Morgan fingerprint density at radius 1 is 0.971 bits per heavy atom. The van der Waals surface area contributed by atoms with Gasteiger partial charge in [-0.25, -0.2) is 9.37 Å². The van der Waals surface area contributed by atoms with Crippen molar-refractivity contribution < 1.29 is 13.9 Å². The zero-order chi connectivity index (χ0) is 24.5. The van der Waals surface area contributed by atoms with Gasteiger partial charge in [-0.1, -0.05) is 43.3 Å². The summed E-state index contributed by atoms with van der Waals surface area (Å²) in [5, 5.41) is 2.81. The zero-order valence-electron chi connectivity index (χ0n) is 20.2. The minimum atomic E-state index is -0.506. The number of ether oxygens (including phenoxy) is 1. The van der Waals surface area contributed by atoms with Gasteiger partial charge in [0.15, 0.2) is 0 Å². The number of hydrogen-bond donors (Lipinski definition) is 1. The molecular formula is C29H32FN3O2. The standard InChI is InChI=1S/C29H32FN3O2/c1-2-22-15-17-23(18-16-22)35-21-8-7-20-33-27-13-6-5-12-26(27)32-28(33)14-9-19-31-29(34)24-10-3-4-11-25(24)30/h3-6,10-13,15-18H,2,7-9,14,19-21H2,1H3,(H,31,34). The molecule has 1 N–H and O–H groups in total. The average Bonchev–Trinajstić information content (AvgIpc) is 3.24. The molecule has 0 unspecified atom stereocenters. The SMILES string of the molecule is CCc1ccc(OCCCCn2c(CCCNC(=O)c3ccccc3F)nc3ccccc32)cc1. The van der Waals surface area contributed by atoms with Crippen LogP contribution in [0.1, 0.15) is 47.9 Å². The van der Waals surface area contributed by atoms with Crippen molar-refractivity contribution >= 4 is 16.9 Å². The molecule has 0 saturated heterocycles. The molecular weight excluding hydrogens is 441 g/mol. The average molecular weight is 474 g/mol. The van der Waals surface area contributed by atoms with E-state index in [1.165, 1.54) is 17.7 Å². The smallest absolute Gasteiger partial charge is 0.254 e. The lowest BCUT2D eigenvalue weighted by atomic mass is 10.2. The maximum Gasteiger partial charge on any atom is 0.254 e. The first-order valence-corrected chi connectivity index (χ1v) is 12.3. The summed E-state index contributed by atoms with van der Waals surface area (Å²) in [6.45, 7) is 4.14. The molecule has 182 valence electrons. The van der Waals surface area contributed by atoms with E-state index in [1.54, 1.807) is 12.1 Å². The molecule has 1 heterocycles. The topological polar surface area (TPSA) is 56.1 Å². The molecule has 0 aliphatic heterocycles.